The minimum absolute atomic E-state index is 0.0187. The van der Waals surface area contributed by atoms with Crippen molar-refractivity contribution in [2.75, 3.05) is 5.32 Å². The van der Waals surface area contributed by atoms with Gasteiger partial charge in [0.05, 0.1) is 10.4 Å². The van der Waals surface area contributed by atoms with Crippen molar-refractivity contribution in [3.8, 4) is 11.1 Å². The number of rotatable bonds is 5. The molecule has 9 heteroatoms. The molecular weight excluding hydrogens is 402 g/mol. The Hall–Kier alpha value is -3.82. The lowest BCUT2D eigenvalue weighted by atomic mass is 9.98. The van der Waals surface area contributed by atoms with E-state index in [1.54, 1.807) is 30.5 Å². The number of benzene rings is 3. The van der Waals surface area contributed by atoms with Crippen LogP contribution in [0.4, 0.5) is 11.6 Å². The zero-order valence-electron chi connectivity index (χ0n) is 15.6. The second kappa shape index (κ2) is 7.54. The van der Waals surface area contributed by atoms with Gasteiger partial charge in [-0.1, -0.05) is 30.3 Å². The Morgan fingerprint density at radius 2 is 1.70 bits per heavy atom. The predicted molar refractivity (Wildman–Crippen MR) is 115 cm³/mol. The van der Waals surface area contributed by atoms with Crippen LogP contribution in [0.1, 0.15) is 10.4 Å². The molecule has 5 N–H and O–H groups in total. The number of hydrogen-bond acceptors (Lipinski definition) is 6. The Kier molecular flexibility index (Phi) is 4.90. The van der Waals surface area contributed by atoms with Gasteiger partial charge >= 0.3 is 0 Å². The number of primary sulfonamides is 1. The molecule has 0 aliphatic heterocycles. The van der Waals surface area contributed by atoms with Crippen LogP contribution < -0.4 is 16.2 Å². The Morgan fingerprint density at radius 3 is 2.40 bits per heavy atom. The molecule has 1 amide bonds. The monoisotopic (exact) mass is 419 g/mol. The van der Waals surface area contributed by atoms with E-state index in [2.05, 4.69) is 15.3 Å². The van der Waals surface area contributed by atoms with Crippen LogP contribution >= 0.6 is 0 Å². The summed E-state index contributed by atoms with van der Waals surface area (Å²) in [4.78, 5) is 20.6. The Balaban J connectivity index is 1.68. The minimum Gasteiger partial charge on any atom is -0.366 e. The van der Waals surface area contributed by atoms with Gasteiger partial charge in [0.1, 0.15) is 0 Å². The van der Waals surface area contributed by atoms with E-state index in [4.69, 9.17) is 10.9 Å². The number of sulfonamides is 1. The molecule has 30 heavy (non-hydrogen) atoms. The van der Waals surface area contributed by atoms with Crippen molar-refractivity contribution in [1.82, 2.24) is 9.97 Å². The number of amides is 1. The Bertz CT molecular complexity index is 1370. The van der Waals surface area contributed by atoms with Gasteiger partial charge in [-0.25, -0.2) is 23.5 Å². The number of carbonyl (C=O) groups excluding carboxylic acids is 1. The first-order valence-corrected chi connectivity index (χ1v) is 10.4. The Morgan fingerprint density at radius 1 is 0.967 bits per heavy atom. The largest absolute Gasteiger partial charge is 0.366 e. The highest BCUT2D eigenvalue weighted by Gasteiger charge is 2.11. The molecule has 0 spiro atoms. The smallest absolute Gasteiger partial charge is 0.249 e. The fourth-order valence-corrected chi connectivity index (χ4v) is 3.57. The van der Waals surface area contributed by atoms with Crippen molar-refractivity contribution < 1.29 is 13.2 Å². The molecule has 3 aromatic carbocycles. The lowest BCUT2D eigenvalue weighted by Gasteiger charge is -2.09. The van der Waals surface area contributed by atoms with Crippen LogP contribution in [0, 0.1) is 0 Å². The third kappa shape index (κ3) is 3.97. The van der Waals surface area contributed by atoms with Crippen molar-refractivity contribution in [3.05, 3.63) is 78.5 Å². The number of hydrogen-bond donors (Lipinski definition) is 3. The molecule has 1 aromatic heterocycles. The standard InChI is InChI=1S/C21H17N5O3S/c22-20(27)18-4-2-1-3-17(18)13-5-6-14-12-24-21(26-19(14)11-13)25-15-7-9-16(10-8-15)30(23,28)29/h1-12H,(H2,22,27)(H2,23,28,29)(H,24,25,26). The van der Waals surface area contributed by atoms with Crippen molar-refractivity contribution >= 4 is 38.5 Å². The lowest BCUT2D eigenvalue weighted by Crippen LogP contribution is -2.12. The molecule has 0 fully saturated rings. The summed E-state index contributed by atoms with van der Waals surface area (Å²) >= 11 is 0. The molecule has 4 rings (SSSR count). The lowest BCUT2D eigenvalue weighted by molar-refractivity contribution is 0.100. The third-order valence-electron chi connectivity index (χ3n) is 4.53. The van der Waals surface area contributed by atoms with E-state index < -0.39 is 15.9 Å². The van der Waals surface area contributed by atoms with E-state index >= 15 is 0 Å². The van der Waals surface area contributed by atoms with Crippen LogP contribution in [0.15, 0.2) is 77.8 Å². The highest BCUT2D eigenvalue weighted by Crippen LogP contribution is 2.27. The van der Waals surface area contributed by atoms with Crippen LogP contribution in [0.25, 0.3) is 22.0 Å². The maximum absolute atomic E-state index is 11.7. The van der Waals surface area contributed by atoms with Gasteiger partial charge in [-0.15, -0.1) is 0 Å². The number of nitrogens with two attached hydrogens (primary N) is 2. The Labute approximate surface area is 172 Å². The van der Waals surface area contributed by atoms with Gasteiger partial charge in [0.15, 0.2) is 0 Å². The molecule has 0 bridgehead atoms. The van der Waals surface area contributed by atoms with E-state index in [0.29, 0.717) is 22.7 Å². The first-order valence-electron chi connectivity index (χ1n) is 8.87. The van der Waals surface area contributed by atoms with Crippen LogP contribution in [0.2, 0.25) is 0 Å². The first-order chi connectivity index (χ1) is 14.3. The molecule has 8 nitrogen and oxygen atoms in total. The van der Waals surface area contributed by atoms with E-state index in [0.717, 1.165) is 16.5 Å². The normalized spacial score (nSPS) is 11.4. The number of aromatic nitrogens is 2. The average molecular weight is 419 g/mol. The molecule has 150 valence electrons. The van der Waals surface area contributed by atoms with Gasteiger partial charge in [0.25, 0.3) is 0 Å². The molecular formula is C21H17N5O3S. The van der Waals surface area contributed by atoms with Crippen LogP contribution in [-0.2, 0) is 10.0 Å². The molecule has 0 aliphatic rings. The second-order valence-electron chi connectivity index (χ2n) is 6.57. The summed E-state index contributed by atoms with van der Waals surface area (Å²) < 4.78 is 22.7. The fraction of sp³-hybridized carbons (Fsp3) is 0. The number of carbonyl (C=O) groups is 1. The topological polar surface area (TPSA) is 141 Å². The predicted octanol–water partition coefficient (Wildman–Crippen LogP) is 2.79. The summed E-state index contributed by atoms with van der Waals surface area (Å²) in [5.41, 5.74) is 8.73. The van der Waals surface area contributed by atoms with Crippen molar-refractivity contribution in [3.63, 3.8) is 0 Å². The molecule has 0 aliphatic carbocycles. The molecule has 0 saturated heterocycles. The number of fused-ring (bicyclic) bond motifs is 1. The molecule has 0 saturated carbocycles. The van der Waals surface area contributed by atoms with E-state index in [-0.39, 0.29) is 4.90 Å². The van der Waals surface area contributed by atoms with Gasteiger partial charge < -0.3 is 11.1 Å². The van der Waals surface area contributed by atoms with Crippen LogP contribution in [0.5, 0.6) is 0 Å². The van der Waals surface area contributed by atoms with Crippen LogP contribution in [-0.4, -0.2) is 24.3 Å². The maximum Gasteiger partial charge on any atom is 0.249 e. The molecule has 0 radical (unpaired) electrons. The SMILES string of the molecule is NC(=O)c1ccccc1-c1ccc2cnc(Nc3ccc(S(N)(=O)=O)cc3)nc2c1. The fourth-order valence-electron chi connectivity index (χ4n) is 3.06. The summed E-state index contributed by atoms with van der Waals surface area (Å²) in [6.45, 7) is 0. The van der Waals surface area contributed by atoms with Crippen molar-refractivity contribution in [1.29, 1.82) is 0 Å². The summed E-state index contributed by atoms with van der Waals surface area (Å²) in [6, 6.07) is 18.7. The quantitative estimate of drug-likeness (QED) is 0.454. The number of anilines is 2. The van der Waals surface area contributed by atoms with Gasteiger partial charge in [-0.3, -0.25) is 4.79 Å². The van der Waals surface area contributed by atoms with Crippen LogP contribution in [0.3, 0.4) is 0 Å². The number of nitrogens with zero attached hydrogens (tertiary/aromatic N) is 2. The summed E-state index contributed by atoms with van der Waals surface area (Å²) in [5, 5.41) is 8.97. The zero-order valence-corrected chi connectivity index (χ0v) is 16.4. The third-order valence-corrected chi connectivity index (χ3v) is 5.45. The van der Waals surface area contributed by atoms with E-state index in [9.17, 15) is 13.2 Å². The summed E-state index contributed by atoms with van der Waals surface area (Å²) in [5.74, 6) is -0.162. The highest BCUT2D eigenvalue weighted by atomic mass is 32.2. The van der Waals surface area contributed by atoms with Crippen molar-refractivity contribution in [2.24, 2.45) is 10.9 Å². The maximum atomic E-state index is 11.7. The summed E-state index contributed by atoms with van der Waals surface area (Å²) in [7, 11) is -3.75. The van der Waals surface area contributed by atoms with Gasteiger partial charge in [0, 0.05) is 22.8 Å². The minimum atomic E-state index is -3.75. The number of primary amides is 1. The van der Waals surface area contributed by atoms with Crippen molar-refractivity contribution in [2.45, 2.75) is 4.90 Å². The van der Waals surface area contributed by atoms with Gasteiger partial charge in [-0.2, -0.15) is 0 Å². The second-order valence-corrected chi connectivity index (χ2v) is 8.13. The van der Waals surface area contributed by atoms with E-state index in [1.807, 2.05) is 30.3 Å². The van der Waals surface area contributed by atoms with E-state index in [1.165, 1.54) is 12.1 Å². The summed E-state index contributed by atoms with van der Waals surface area (Å²) in [6.07, 6.45) is 1.67. The first kappa shape index (κ1) is 19.5. The molecule has 0 atom stereocenters. The average Bonchev–Trinajstić information content (AvgIpc) is 2.73. The van der Waals surface area contributed by atoms with Gasteiger partial charge in [-0.05, 0) is 47.5 Å². The molecule has 4 aromatic rings. The van der Waals surface area contributed by atoms with Gasteiger partial charge in [0.2, 0.25) is 21.9 Å². The number of nitrogens with one attached hydrogen (secondary N) is 1. The molecule has 1 heterocycles. The molecule has 0 unspecified atom stereocenters. The zero-order chi connectivity index (χ0) is 21.3. The highest BCUT2D eigenvalue weighted by molar-refractivity contribution is 7.89.